The van der Waals surface area contributed by atoms with Crippen LogP contribution in [0.15, 0.2) is 48.5 Å². The van der Waals surface area contributed by atoms with Gasteiger partial charge in [-0.15, -0.1) is 0 Å². The molecule has 1 saturated heterocycles. The molecule has 7 nitrogen and oxygen atoms in total. The second-order valence-electron chi connectivity index (χ2n) is 9.63. The number of anilines is 1. The van der Waals surface area contributed by atoms with Crippen LogP contribution in [0.1, 0.15) is 42.5 Å². The summed E-state index contributed by atoms with van der Waals surface area (Å²) in [5.41, 5.74) is 1.66. The zero-order valence-electron chi connectivity index (χ0n) is 20.4. The Kier molecular flexibility index (Phi) is 7.52. The highest BCUT2D eigenvalue weighted by molar-refractivity contribution is 6.05. The summed E-state index contributed by atoms with van der Waals surface area (Å²) in [6.07, 6.45) is 5.11. The van der Waals surface area contributed by atoms with Crippen molar-refractivity contribution in [3.63, 3.8) is 0 Å². The molecule has 2 amide bonds. The van der Waals surface area contributed by atoms with Crippen molar-refractivity contribution in [3.05, 3.63) is 54.1 Å². The van der Waals surface area contributed by atoms with E-state index in [2.05, 4.69) is 15.9 Å². The molecule has 0 radical (unpaired) electrons. The molecule has 0 N–H and O–H groups in total. The standard InChI is InChI=1S/C28H35N3O4/c32-27(22-8-3-1-4-9-22)31(28(33)23-10-5-2-6-11-23)19-16-29-14-17-30(18-15-29)24-12-7-13-25-26(24)35-21-20-34-25/h1,3-4,7-9,12-13,23H,2,5-6,10-11,14-21H2. The van der Waals surface area contributed by atoms with Gasteiger partial charge in [0, 0.05) is 50.7 Å². The van der Waals surface area contributed by atoms with Crippen LogP contribution in [0.25, 0.3) is 0 Å². The molecular weight excluding hydrogens is 442 g/mol. The lowest BCUT2D eigenvalue weighted by molar-refractivity contribution is -0.134. The number of hydrogen-bond acceptors (Lipinski definition) is 6. The van der Waals surface area contributed by atoms with Gasteiger partial charge in [0.2, 0.25) is 5.91 Å². The van der Waals surface area contributed by atoms with Crippen molar-refractivity contribution in [3.8, 4) is 11.5 Å². The maximum absolute atomic E-state index is 13.4. The second-order valence-corrected chi connectivity index (χ2v) is 9.63. The molecule has 1 saturated carbocycles. The minimum Gasteiger partial charge on any atom is -0.486 e. The van der Waals surface area contributed by atoms with Crippen LogP contribution in [0, 0.1) is 5.92 Å². The van der Waals surface area contributed by atoms with Gasteiger partial charge in [0.15, 0.2) is 11.5 Å². The third-order valence-electron chi connectivity index (χ3n) is 7.38. The van der Waals surface area contributed by atoms with Gasteiger partial charge in [-0.05, 0) is 37.1 Å². The van der Waals surface area contributed by atoms with E-state index < -0.39 is 0 Å². The summed E-state index contributed by atoms with van der Waals surface area (Å²) < 4.78 is 11.6. The van der Waals surface area contributed by atoms with Gasteiger partial charge < -0.3 is 14.4 Å². The minimum atomic E-state index is -0.173. The molecule has 186 valence electrons. The average Bonchev–Trinajstić information content (AvgIpc) is 2.94. The van der Waals surface area contributed by atoms with Crippen LogP contribution in [0.4, 0.5) is 5.69 Å². The van der Waals surface area contributed by atoms with Crippen molar-refractivity contribution in [1.82, 2.24) is 9.80 Å². The molecule has 3 aliphatic rings. The van der Waals surface area contributed by atoms with E-state index in [9.17, 15) is 9.59 Å². The zero-order valence-corrected chi connectivity index (χ0v) is 20.4. The number of nitrogens with zero attached hydrogens (tertiary/aromatic N) is 3. The van der Waals surface area contributed by atoms with Crippen LogP contribution < -0.4 is 14.4 Å². The Balaban J connectivity index is 1.22. The van der Waals surface area contributed by atoms with Gasteiger partial charge in [0.1, 0.15) is 13.2 Å². The fourth-order valence-electron chi connectivity index (χ4n) is 5.38. The number of hydrogen-bond donors (Lipinski definition) is 0. The first-order valence-corrected chi connectivity index (χ1v) is 13.0. The highest BCUT2D eigenvalue weighted by Crippen LogP contribution is 2.39. The van der Waals surface area contributed by atoms with Gasteiger partial charge in [0.05, 0.1) is 5.69 Å². The van der Waals surface area contributed by atoms with Crippen molar-refractivity contribution in [2.75, 3.05) is 57.4 Å². The highest BCUT2D eigenvalue weighted by atomic mass is 16.6. The van der Waals surface area contributed by atoms with Crippen LogP contribution in [-0.4, -0.2) is 74.1 Å². The first kappa shape index (κ1) is 23.7. The normalized spacial score (nSPS) is 18.8. The molecule has 5 rings (SSSR count). The van der Waals surface area contributed by atoms with E-state index in [4.69, 9.17) is 9.47 Å². The molecule has 2 heterocycles. The van der Waals surface area contributed by atoms with E-state index in [1.54, 1.807) is 12.1 Å². The molecule has 2 aromatic rings. The number of rotatable bonds is 6. The molecule has 2 aliphatic heterocycles. The maximum atomic E-state index is 13.4. The molecule has 2 fully saturated rings. The molecule has 0 aromatic heterocycles. The number of amides is 2. The van der Waals surface area contributed by atoms with Crippen LogP contribution in [0.2, 0.25) is 0 Å². The second kappa shape index (κ2) is 11.1. The molecule has 7 heteroatoms. The van der Waals surface area contributed by atoms with Crippen molar-refractivity contribution in [2.24, 2.45) is 5.92 Å². The molecule has 0 spiro atoms. The molecular formula is C28H35N3O4. The topological polar surface area (TPSA) is 62.3 Å². The Morgan fingerprint density at radius 1 is 0.857 bits per heavy atom. The Morgan fingerprint density at radius 2 is 1.60 bits per heavy atom. The summed E-state index contributed by atoms with van der Waals surface area (Å²) >= 11 is 0. The van der Waals surface area contributed by atoms with Gasteiger partial charge in [-0.2, -0.15) is 0 Å². The summed E-state index contributed by atoms with van der Waals surface area (Å²) in [5.74, 6) is 1.45. The molecule has 35 heavy (non-hydrogen) atoms. The Morgan fingerprint density at radius 3 is 2.37 bits per heavy atom. The highest BCUT2D eigenvalue weighted by Gasteiger charge is 2.31. The van der Waals surface area contributed by atoms with Crippen LogP contribution in [0.3, 0.4) is 0 Å². The monoisotopic (exact) mass is 477 g/mol. The van der Waals surface area contributed by atoms with E-state index in [0.29, 0.717) is 31.9 Å². The number of para-hydroxylation sites is 1. The van der Waals surface area contributed by atoms with Gasteiger partial charge in [-0.3, -0.25) is 19.4 Å². The van der Waals surface area contributed by atoms with Crippen molar-refractivity contribution in [2.45, 2.75) is 32.1 Å². The van der Waals surface area contributed by atoms with Crippen LogP contribution in [-0.2, 0) is 4.79 Å². The van der Waals surface area contributed by atoms with Crippen molar-refractivity contribution in [1.29, 1.82) is 0 Å². The summed E-state index contributed by atoms with van der Waals surface area (Å²) in [6, 6.07) is 15.3. The van der Waals surface area contributed by atoms with Gasteiger partial charge in [-0.1, -0.05) is 43.5 Å². The van der Waals surface area contributed by atoms with Gasteiger partial charge >= 0.3 is 0 Å². The minimum absolute atomic E-state index is 0.00486. The predicted molar refractivity (Wildman–Crippen MR) is 135 cm³/mol. The zero-order chi connectivity index (χ0) is 24.0. The largest absolute Gasteiger partial charge is 0.486 e. The fourth-order valence-corrected chi connectivity index (χ4v) is 5.38. The van der Waals surface area contributed by atoms with E-state index in [1.807, 2.05) is 30.3 Å². The summed E-state index contributed by atoms with van der Waals surface area (Å²) in [7, 11) is 0. The van der Waals surface area contributed by atoms with Gasteiger partial charge in [-0.25, -0.2) is 0 Å². The first-order valence-electron chi connectivity index (χ1n) is 13.0. The molecule has 2 aromatic carbocycles. The number of carbonyl (C=O) groups excluding carboxylic acids is 2. The number of ether oxygens (including phenoxy) is 2. The first-order chi connectivity index (χ1) is 17.2. The summed E-state index contributed by atoms with van der Waals surface area (Å²) in [6.45, 7) is 5.75. The number of fused-ring (bicyclic) bond motifs is 1. The third kappa shape index (κ3) is 5.45. The summed E-state index contributed by atoms with van der Waals surface area (Å²) in [5, 5.41) is 0. The number of imide groups is 1. The lowest BCUT2D eigenvalue weighted by Crippen LogP contribution is -2.50. The molecule has 1 aliphatic carbocycles. The number of piperazine rings is 1. The van der Waals surface area contributed by atoms with E-state index in [1.165, 1.54) is 11.3 Å². The smallest absolute Gasteiger partial charge is 0.260 e. The van der Waals surface area contributed by atoms with Gasteiger partial charge in [0.25, 0.3) is 5.91 Å². The predicted octanol–water partition coefficient (Wildman–Crippen LogP) is 3.83. The SMILES string of the molecule is O=C(c1ccccc1)N(CCN1CCN(c2cccc3c2OCCO3)CC1)C(=O)C1CCCCC1. The van der Waals surface area contributed by atoms with E-state index in [0.717, 1.165) is 69.0 Å². The lowest BCUT2D eigenvalue weighted by atomic mass is 9.88. The van der Waals surface area contributed by atoms with E-state index >= 15 is 0 Å². The van der Waals surface area contributed by atoms with Crippen LogP contribution >= 0.6 is 0 Å². The van der Waals surface area contributed by atoms with Crippen LogP contribution in [0.5, 0.6) is 11.5 Å². The maximum Gasteiger partial charge on any atom is 0.260 e. The van der Waals surface area contributed by atoms with Crippen molar-refractivity contribution >= 4 is 17.5 Å². The fraction of sp³-hybridized carbons (Fsp3) is 0.500. The quantitative estimate of drug-likeness (QED) is 0.590. The molecule has 0 bridgehead atoms. The molecule has 0 unspecified atom stereocenters. The average molecular weight is 478 g/mol. The Hall–Kier alpha value is -3.06. The lowest BCUT2D eigenvalue weighted by Gasteiger charge is -2.38. The van der Waals surface area contributed by atoms with Crippen molar-refractivity contribution < 1.29 is 19.1 Å². The number of carbonyl (C=O) groups is 2. The summed E-state index contributed by atoms with van der Waals surface area (Å²) in [4.78, 5) is 33.0. The molecule has 0 atom stereocenters. The third-order valence-corrected chi connectivity index (χ3v) is 7.38. The Bertz CT molecular complexity index is 1010. The number of benzene rings is 2. The van der Waals surface area contributed by atoms with E-state index in [-0.39, 0.29) is 17.7 Å². The Labute approximate surface area is 207 Å².